The summed E-state index contributed by atoms with van der Waals surface area (Å²) in [6.45, 7) is 8.12. The molecule has 1 aliphatic rings. The Bertz CT molecular complexity index is 298. The predicted molar refractivity (Wildman–Crippen MR) is 56.6 cm³/mol. The molecule has 0 spiro atoms. The van der Waals surface area contributed by atoms with E-state index in [0.717, 1.165) is 43.5 Å². The van der Waals surface area contributed by atoms with Crippen LogP contribution in [0.3, 0.4) is 0 Å². The minimum absolute atomic E-state index is 0.860. The molecule has 0 atom stereocenters. The van der Waals surface area contributed by atoms with E-state index in [9.17, 15) is 0 Å². The molecule has 1 N–H and O–H groups in total. The maximum atomic E-state index is 4.44. The van der Waals surface area contributed by atoms with Crippen molar-refractivity contribution < 1.29 is 0 Å². The number of aryl methyl sites for hydroxylation is 2. The Morgan fingerprint density at radius 3 is 2.57 bits per heavy atom. The highest BCUT2D eigenvalue weighted by Crippen LogP contribution is 2.12. The minimum Gasteiger partial charge on any atom is -0.354 e. The fraction of sp³-hybridized carbons (Fsp3) is 0.600. The van der Waals surface area contributed by atoms with Crippen LogP contribution in [-0.4, -0.2) is 36.1 Å². The van der Waals surface area contributed by atoms with E-state index in [0.29, 0.717) is 0 Å². The summed E-state index contributed by atoms with van der Waals surface area (Å²) in [5.41, 5.74) is 1.05. The van der Waals surface area contributed by atoms with E-state index in [1.54, 1.807) is 0 Å². The Labute approximate surface area is 84.4 Å². The number of rotatable bonds is 1. The molecule has 2 heterocycles. The van der Waals surface area contributed by atoms with Gasteiger partial charge in [-0.25, -0.2) is 9.97 Å². The van der Waals surface area contributed by atoms with Gasteiger partial charge in [-0.2, -0.15) is 0 Å². The van der Waals surface area contributed by atoms with Crippen LogP contribution in [-0.2, 0) is 0 Å². The maximum absolute atomic E-state index is 4.44. The standard InChI is InChI=1S/C10H16N4/c1-8-7-10(13-9(2)12-8)14-5-3-11-4-6-14/h7,11H,3-6H2,1-2H3. The zero-order chi connectivity index (χ0) is 9.97. The smallest absolute Gasteiger partial charge is 0.132 e. The van der Waals surface area contributed by atoms with Crippen molar-refractivity contribution in [2.24, 2.45) is 0 Å². The molecule has 0 aliphatic carbocycles. The van der Waals surface area contributed by atoms with E-state index in [-0.39, 0.29) is 0 Å². The number of hydrogen-bond acceptors (Lipinski definition) is 4. The highest BCUT2D eigenvalue weighted by atomic mass is 15.2. The van der Waals surface area contributed by atoms with Crippen LogP contribution in [0.4, 0.5) is 5.82 Å². The molecule has 0 saturated carbocycles. The number of piperazine rings is 1. The molecular weight excluding hydrogens is 176 g/mol. The third-order valence-electron chi connectivity index (χ3n) is 2.39. The van der Waals surface area contributed by atoms with E-state index < -0.39 is 0 Å². The first-order valence-corrected chi connectivity index (χ1v) is 5.03. The van der Waals surface area contributed by atoms with E-state index in [2.05, 4.69) is 26.3 Å². The summed E-state index contributed by atoms with van der Waals surface area (Å²) < 4.78 is 0. The van der Waals surface area contributed by atoms with Gasteiger partial charge in [0, 0.05) is 37.9 Å². The number of anilines is 1. The summed E-state index contributed by atoms with van der Waals surface area (Å²) in [4.78, 5) is 11.0. The van der Waals surface area contributed by atoms with Gasteiger partial charge >= 0.3 is 0 Å². The van der Waals surface area contributed by atoms with Crippen LogP contribution in [0.15, 0.2) is 6.07 Å². The van der Waals surface area contributed by atoms with Gasteiger partial charge in [0.15, 0.2) is 0 Å². The molecule has 1 fully saturated rings. The number of hydrogen-bond donors (Lipinski definition) is 1. The number of nitrogens with one attached hydrogen (secondary N) is 1. The summed E-state index contributed by atoms with van der Waals surface area (Å²) in [5.74, 6) is 1.93. The Morgan fingerprint density at radius 1 is 1.21 bits per heavy atom. The average Bonchev–Trinajstić information content (AvgIpc) is 2.18. The van der Waals surface area contributed by atoms with Crippen LogP contribution in [0.5, 0.6) is 0 Å². The minimum atomic E-state index is 0.860. The molecule has 0 unspecified atom stereocenters. The summed E-state index contributed by atoms with van der Waals surface area (Å²) in [5, 5.41) is 3.33. The van der Waals surface area contributed by atoms with Crippen molar-refractivity contribution >= 4 is 5.82 Å². The van der Waals surface area contributed by atoms with Gasteiger partial charge < -0.3 is 10.2 Å². The molecule has 76 valence electrons. The average molecular weight is 192 g/mol. The first kappa shape index (κ1) is 9.40. The monoisotopic (exact) mass is 192 g/mol. The zero-order valence-corrected chi connectivity index (χ0v) is 8.75. The lowest BCUT2D eigenvalue weighted by Gasteiger charge is -2.28. The second-order valence-corrected chi connectivity index (χ2v) is 3.65. The van der Waals surface area contributed by atoms with Gasteiger partial charge in [-0.1, -0.05) is 0 Å². The molecule has 4 nitrogen and oxygen atoms in total. The van der Waals surface area contributed by atoms with Crippen LogP contribution >= 0.6 is 0 Å². The molecule has 0 amide bonds. The van der Waals surface area contributed by atoms with Crippen molar-refractivity contribution in [2.75, 3.05) is 31.1 Å². The second kappa shape index (κ2) is 3.92. The summed E-state index contributed by atoms with van der Waals surface area (Å²) in [6, 6.07) is 2.05. The second-order valence-electron chi connectivity index (χ2n) is 3.65. The van der Waals surface area contributed by atoms with Gasteiger partial charge in [-0.05, 0) is 13.8 Å². The Balaban J connectivity index is 2.21. The fourth-order valence-corrected chi connectivity index (χ4v) is 1.75. The molecule has 0 bridgehead atoms. The van der Waals surface area contributed by atoms with Gasteiger partial charge in [-0.3, -0.25) is 0 Å². The van der Waals surface area contributed by atoms with Gasteiger partial charge in [0.1, 0.15) is 11.6 Å². The predicted octanol–water partition coefficient (Wildman–Crippen LogP) is 0.503. The highest BCUT2D eigenvalue weighted by Gasteiger charge is 2.12. The molecule has 1 saturated heterocycles. The number of nitrogens with zero attached hydrogens (tertiary/aromatic N) is 3. The molecule has 4 heteroatoms. The molecule has 1 aliphatic heterocycles. The third kappa shape index (κ3) is 2.01. The fourth-order valence-electron chi connectivity index (χ4n) is 1.75. The Hall–Kier alpha value is -1.16. The van der Waals surface area contributed by atoms with Crippen LogP contribution in [0.2, 0.25) is 0 Å². The van der Waals surface area contributed by atoms with Crippen LogP contribution in [0, 0.1) is 13.8 Å². The van der Waals surface area contributed by atoms with Crippen LogP contribution in [0.25, 0.3) is 0 Å². The summed E-state index contributed by atoms with van der Waals surface area (Å²) in [7, 11) is 0. The van der Waals surface area contributed by atoms with E-state index in [1.807, 2.05) is 13.8 Å². The van der Waals surface area contributed by atoms with E-state index >= 15 is 0 Å². The van der Waals surface area contributed by atoms with Crippen molar-refractivity contribution in [3.8, 4) is 0 Å². The topological polar surface area (TPSA) is 41.0 Å². The van der Waals surface area contributed by atoms with E-state index in [1.165, 1.54) is 0 Å². The van der Waals surface area contributed by atoms with Crippen LogP contribution in [0.1, 0.15) is 11.5 Å². The molecule has 0 aromatic carbocycles. The largest absolute Gasteiger partial charge is 0.354 e. The lowest BCUT2D eigenvalue weighted by Crippen LogP contribution is -2.44. The van der Waals surface area contributed by atoms with Gasteiger partial charge in [-0.15, -0.1) is 0 Å². The van der Waals surface area contributed by atoms with Gasteiger partial charge in [0.05, 0.1) is 0 Å². The highest BCUT2D eigenvalue weighted by molar-refractivity contribution is 5.40. The van der Waals surface area contributed by atoms with Gasteiger partial charge in [0.25, 0.3) is 0 Å². The third-order valence-corrected chi connectivity index (χ3v) is 2.39. The van der Waals surface area contributed by atoms with Crippen molar-refractivity contribution in [2.45, 2.75) is 13.8 Å². The summed E-state index contributed by atoms with van der Waals surface area (Å²) in [6.07, 6.45) is 0. The first-order valence-electron chi connectivity index (χ1n) is 5.03. The lowest BCUT2D eigenvalue weighted by molar-refractivity contribution is 0.583. The zero-order valence-electron chi connectivity index (χ0n) is 8.75. The molecular formula is C10H16N4. The summed E-state index contributed by atoms with van der Waals surface area (Å²) >= 11 is 0. The van der Waals surface area contributed by atoms with Crippen LogP contribution < -0.4 is 10.2 Å². The molecule has 2 rings (SSSR count). The maximum Gasteiger partial charge on any atom is 0.132 e. The SMILES string of the molecule is Cc1cc(N2CCNCC2)nc(C)n1. The lowest BCUT2D eigenvalue weighted by atomic mass is 10.3. The van der Waals surface area contributed by atoms with Crippen molar-refractivity contribution in [3.05, 3.63) is 17.6 Å². The molecule has 14 heavy (non-hydrogen) atoms. The molecule has 1 aromatic heterocycles. The first-order chi connectivity index (χ1) is 6.75. The normalized spacial score (nSPS) is 17.1. The molecule has 0 radical (unpaired) electrons. The van der Waals surface area contributed by atoms with Gasteiger partial charge in [0.2, 0.25) is 0 Å². The quantitative estimate of drug-likeness (QED) is 0.703. The van der Waals surface area contributed by atoms with Crippen molar-refractivity contribution in [1.82, 2.24) is 15.3 Å². The van der Waals surface area contributed by atoms with E-state index in [4.69, 9.17) is 0 Å². The van der Waals surface area contributed by atoms with Crippen molar-refractivity contribution in [1.29, 1.82) is 0 Å². The Kier molecular flexibility index (Phi) is 2.63. The van der Waals surface area contributed by atoms with Crippen molar-refractivity contribution in [3.63, 3.8) is 0 Å². The molecule has 1 aromatic rings. The number of aromatic nitrogens is 2. The Morgan fingerprint density at radius 2 is 1.93 bits per heavy atom.